The first kappa shape index (κ1) is 47.5. The monoisotopic (exact) mass is 925 g/mol. The van der Waals surface area contributed by atoms with Gasteiger partial charge in [0.05, 0.1) is 31.0 Å². The Morgan fingerprint density at radius 3 is 2.39 bits per heavy atom. The number of thiazole rings is 1. The fourth-order valence-corrected chi connectivity index (χ4v) is 10.4. The molecule has 18 heteroatoms. The zero-order valence-corrected chi connectivity index (χ0v) is 39.8. The van der Waals surface area contributed by atoms with Gasteiger partial charge in [-0.3, -0.25) is 14.5 Å². The highest BCUT2D eigenvalue weighted by Crippen LogP contribution is 2.57. The predicted molar refractivity (Wildman–Crippen MR) is 245 cm³/mol. The summed E-state index contributed by atoms with van der Waals surface area (Å²) in [7, 11) is 0. The molecule has 0 spiro atoms. The number of carboxylic acid groups (broad SMARTS) is 1. The molecule has 2 aromatic heterocycles. The van der Waals surface area contributed by atoms with Crippen LogP contribution in [0, 0.1) is 23.2 Å². The number of carbonyl (C=O) groups is 4. The normalized spacial score (nSPS) is 24.8. The zero-order valence-electron chi connectivity index (χ0n) is 38.2. The number of ether oxygens (including phenoxy) is 4. The number of amides is 3. The number of likely N-dealkylation sites (tertiary alicyclic amines) is 1. The Morgan fingerprint density at radius 2 is 1.73 bits per heavy atom. The summed E-state index contributed by atoms with van der Waals surface area (Å²) in [5.74, 6) is 0.287. The summed E-state index contributed by atoms with van der Waals surface area (Å²) in [5.41, 5.74) is -0.883. The molecule has 2 aliphatic carbocycles. The first-order valence-electron chi connectivity index (χ1n) is 22.6. The third-order valence-electron chi connectivity index (χ3n) is 13.0. The van der Waals surface area contributed by atoms with Crippen molar-refractivity contribution in [2.24, 2.45) is 23.2 Å². The van der Waals surface area contributed by atoms with Crippen molar-refractivity contribution in [3.05, 3.63) is 28.6 Å². The van der Waals surface area contributed by atoms with Gasteiger partial charge in [0.25, 0.3) is 0 Å². The van der Waals surface area contributed by atoms with Crippen LogP contribution in [0.4, 0.5) is 9.93 Å². The number of pyridine rings is 1. The molecule has 2 saturated carbocycles. The van der Waals surface area contributed by atoms with Crippen LogP contribution in [0.1, 0.15) is 87.5 Å². The Hall–Kier alpha value is -4.45. The minimum atomic E-state index is -1.59. The van der Waals surface area contributed by atoms with Crippen LogP contribution < -0.4 is 25.4 Å². The van der Waals surface area contributed by atoms with Gasteiger partial charge in [-0.2, -0.15) is 0 Å². The van der Waals surface area contributed by atoms with Crippen LogP contribution in [0.2, 0.25) is 5.02 Å². The van der Waals surface area contributed by atoms with Gasteiger partial charge in [0.1, 0.15) is 58.7 Å². The molecular weight excluding hydrogens is 862 g/mol. The van der Waals surface area contributed by atoms with E-state index in [1.807, 2.05) is 53.0 Å². The van der Waals surface area contributed by atoms with Gasteiger partial charge in [0.2, 0.25) is 11.8 Å². The van der Waals surface area contributed by atoms with E-state index in [1.165, 1.54) is 23.2 Å². The van der Waals surface area contributed by atoms with Gasteiger partial charge in [-0.1, -0.05) is 52.6 Å². The number of benzene rings is 1. The fourth-order valence-electron chi connectivity index (χ4n) is 9.33. The number of fused-ring (bicyclic) bond motifs is 2. The van der Waals surface area contributed by atoms with E-state index in [4.69, 9.17) is 40.5 Å². The van der Waals surface area contributed by atoms with Crippen LogP contribution in [-0.4, -0.2) is 131 Å². The number of halogens is 1. The second-order valence-corrected chi connectivity index (χ2v) is 20.6. The van der Waals surface area contributed by atoms with Gasteiger partial charge < -0.3 is 44.9 Å². The number of rotatable bonds is 17. The molecule has 4 N–H and O–H groups in total. The van der Waals surface area contributed by atoms with Gasteiger partial charge in [-0.25, -0.2) is 19.6 Å². The second kappa shape index (κ2) is 19.6. The fraction of sp³-hybridized carbons (Fsp3) is 0.652. The number of carboxylic acids is 1. The molecule has 2 saturated heterocycles. The molecule has 16 nitrogen and oxygen atoms in total. The van der Waals surface area contributed by atoms with E-state index in [0.717, 1.165) is 31.1 Å². The molecule has 64 heavy (non-hydrogen) atoms. The van der Waals surface area contributed by atoms with Crippen LogP contribution in [0.5, 0.6) is 11.5 Å². The molecule has 7 rings (SSSR count). The average molecular weight is 927 g/mol. The van der Waals surface area contributed by atoms with E-state index < -0.39 is 53.0 Å². The zero-order chi connectivity index (χ0) is 46.1. The SMILES string of the molecule is CCC[C@@](C)(NC(=O)[C@@H]1C[C@@H](Oc2cc(-c3csc(NC(C)C)n3)nc3c(Cl)c(OCCN4CCOCC4)ccc23)CN1C(=O)[C@@H](NC(=O)OC1CC2C(C)C2C1)C(C)(C)C)C(=O)O. The van der Waals surface area contributed by atoms with Crippen LogP contribution in [-0.2, 0) is 23.9 Å². The minimum absolute atomic E-state index is 0.0263. The highest BCUT2D eigenvalue weighted by molar-refractivity contribution is 7.14. The molecule has 3 aromatic rings. The predicted octanol–water partition coefficient (Wildman–Crippen LogP) is 6.84. The number of nitrogens with zero attached hydrogens (tertiary/aromatic N) is 4. The van der Waals surface area contributed by atoms with Crippen molar-refractivity contribution < 1.29 is 43.2 Å². The van der Waals surface area contributed by atoms with E-state index in [2.05, 4.69) is 27.8 Å². The van der Waals surface area contributed by atoms with Crippen LogP contribution in [0.3, 0.4) is 0 Å². The van der Waals surface area contributed by atoms with Crippen LogP contribution in [0.25, 0.3) is 22.3 Å². The number of aliphatic carboxylic acids is 1. The molecule has 6 atom stereocenters. The second-order valence-electron chi connectivity index (χ2n) is 19.4. The first-order valence-corrected chi connectivity index (χ1v) is 23.9. The summed E-state index contributed by atoms with van der Waals surface area (Å²) in [6.07, 6.45) is 0.647. The van der Waals surface area contributed by atoms with Crippen molar-refractivity contribution in [1.82, 2.24) is 30.4 Å². The van der Waals surface area contributed by atoms with Gasteiger partial charge >= 0.3 is 12.1 Å². The quantitative estimate of drug-likeness (QED) is 0.110. The maximum atomic E-state index is 14.8. The minimum Gasteiger partial charge on any atom is -0.491 e. The molecule has 4 fully saturated rings. The van der Waals surface area contributed by atoms with E-state index in [0.29, 0.717) is 89.4 Å². The summed E-state index contributed by atoms with van der Waals surface area (Å²) < 4.78 is 24.3. The van der Waals surface area contributed by atoms with Crippen molar-refractivity contribution in [1.29, 1.82) is 0 Å². The van der Waals surface area contributed by atoms with Gasteiger partial charge in [-0.15, -0.1) is 11.3 Å². The Morgan fingerprint density at radius 1 is 1.02 bits per heavy atom. The number of nitrogens with one attached hydrogen (secondary N) is 3. The van der Waals surface area contributed by atoms with Gasteiger partial charge in [0.15, 0.2) is 5.13 Å². The Balaban J connectivity index is 1.19. The molecule has 3 amide bonds. The lowest BCUT2D eigenvalue weighted by atomic mass is 9.85. The number of aromatic nitrogens is 2. The molecule has 350 valence electrons. The Labute approximate surface area is 384 Å². The van der Waals surface area contributed by atoms with Crippen LogP contribution in [0.15, 0.2) is 23.6 Å². The number of hydrogen-bond donors (Lipinski definition) is 4. The third kappa shape index (κ3) is 10.8. The Kier molecular flexibility index (Phi) is 14.5. The summed E-state index contributed by atoms with van der Waals surface area (Å²) in [4.78, 5) is 68.6. The Bertz CT molecular complexity index is 2180. The van der Waals surface area contributed by atoms with E-state index in [-0.39, 0.29) is 31.5 Å². The lowest BCUT2D eigenvalue weighted by Crippen LogP contribution is -2.60. The van der Waals surface area contributed by atoms with Crippen molar-refractivity contribution in [2.75, 3.05) is 51.3 Å². The number of hydrogen-bond acceptors (Lipinski definition) is 13. The first-order chi connectivity index (χ1) is 30.3. The molecule has 0 radical (unpaired) electrons. The summed E-state index contributed by atoms with van der Waals surface area (Å²) in [5, 5.41) is 22.6. The van der Waals surface area contributed by atoms with Crippen molar-refractivity contribution >= 4 is 62.8 Å². The van der Waals surface area contributed by atoms with Gasteiger partial charge in [-0.05, 0) is 75.3 Å². The highest BCUT2D eigenvalue weighted by atomic mass is 35.5. The molecule has 2 aliphatic heterocycles. The lowest BCUT2D eigenvalue weighted by molar-refractivity contribution is -0.149. The highest BCUT2D eigenvalue weighted by Gasteiger charge is 2.54. The topological polar surface area (TPSA) is 194 Å². The maximum Gasteiger partial charge on any atom is 0.408 e. The van der Waals surface area contributed by atoms with Gasteiger partial charge in [0, 0.05) is 48.9 Å². The van der Waals surface area contributed by atoms with Crippen molar-refractivity contribution in [3.8, 4) is 22.9 Å². The van der Waals surface area contributed by atoms with Crippen molar-refractivity contribution in [2.45, 2.75) is 123 Å². The van der Waals surface area contributed by atoms with Crippen LogP contribution >= 0.6 is 22.9 Å². The summed E-state index contributed by atoms with van der Waals surface area (Å²) in [6, 6.07) is 3.32. The molecule has 1 aromatic carbocycles. The standard InChI is InChI=1S/C46H64ClN7O9S/c1-9-12-46(8,42(57)58)52-40(55)34-21-28(23-54(34)41(56)39(45(5,6)7)51-44(59)63-27-19-30-26(4)31(30)20-27)62-36-22-32(33-24-64-43(50-33)48-25(2)3)49-38-29(36)10-11-35(37(38)47)61-18-15-53-13-16-60-17-14-53/h10-11,22,24-28,30-31,34,39H,9,12-21,23H2,1-8H3,(H,48,50)(H,51,59)(H,52,55)(H,57,58)/t26?,27?,28-,30?,31?,34+,39-,46-/m1/s1. The van der Waals surface area contributed by atoms with E-state index in [1.54, 1.807) is 12.1 Å². The number of morpholine rings is 1. The van der Waals surface area contributed by atoms with E-state index in [9.17, 15) is 24.3 Å². The maximum absolute atomic E-state index is 14.8. The number of anilines is 1. The average Bonchev–Trinajstić information content (AvgIpc) is 3.72. The third-order valence-corrected chi connectivity index (χ3v) is 14.2. The molecular formula is C46H64ClN7O9S. The summed E-state index contributed by atoms with van der Waals surface area (Å²) >= 11 is 8.55. The number of carbonyl (C=O) groups excluding carboxylic acids is 3. The van der Waals surface area contributed by atoms with Crippen molar-refractivity contribution in [3.63, 3.8) is 0 Å². The molecule has 4 aliphatic rings. The lowest BCUT2D eigenvalue weighted by Gasteiger charge is -2.36. The molecule has 2 unspecified atom stereocenters. The summed E-state index contributed by atoms with van der Waals surface area (Å²) in [6.45, 7) is 19.1. The molecule has 0 bridgehead atoms. The van der Waals surface area contributed by atoms with E-state index >= 15 is 0 Å². The molecule has 4 heterocycles. The smallest absolute Gasteiger partial charge is 0.408 e. The number of alkyl carbamates (subject to hydrolysis) is 1. The largest absolute Gasteiger partial charge is 0.491 e.